The highest BCUT2D eigenvalue weighted by molar-refractivity contribution is 6.84. The van der Waals surface area contributed by atoms with Crippen LogP contribution in [0.1, 0.15) is 81.1 Å². The van der Waals surface area contributed by atoms with E-state index >= 15 is 0 Å². The van der Waals surface area contributed by atoms with Gasteiger partial charge in [-0.1, -0.05) is 79.7 Å². The molecule has 0 bridgehead atoms. The van der Waals surface area contributed by atoms with Crippen LogP contribution in [0.3, 0.4) is 0 Å². The number of hydrogen-bond acceptors (Lipinski definition) is 4. The van der Waals surface area contributed by atoms with Gasteiger partial charge in [-0.2, -0.15) is 0 Å². The fraction of sp³-hybridized carbons (Fsp3) is 0.750. The van der Waals surface area contributed by atoms with Crippen LogP contribution in [0.15, 0.2) is 24.3 Å². The summed E-state index contributed by atoms with van der Waals surface area (Å²) in [5, 5.41) is 2.42. The first-order chi connectivity index (χ1) is 14.3. The van der Waals surface area contributed by atoms with Gasteiger partial charge in [0.05, 0.1) is 0 Å². The first-order valence-corrected chi connectivity index (χ1v) is 15.8. The van der Waals surface area contributed by atoms with Crippen molar-refractivity contribution in [2.45, 2.75) is 92.2 Å². The van der Waals surface area contributed by atoms with Crippen molar-refractivity contribution in [1.82, 2.24) is 0 Å². The van der Waals surface area contributed by atoms with Gasteiger partial charge in [-0.25, -0.2) is 0 Å². The second-order valence-electron chi connectivity index (χ2n) is 8.62. The Kier molecular flexibility index (Phi) is 12.7. The molecular weight excluding hydrogens is 408 g/mol. The molecule has 4 nitrogen and oxygen atoms in total. The summed E-state index contributed by atoms with van der Waals surface area (Å²) < 4.78 is 26.0. The molecule has 6 heteroatoms. The van der Waals surface area contributed by atoms with E-state index in [1.165, 1.54) is 10.4 Å². The van der Waals surface area contributed by atoms with Crippen LogP contribution >= 0.6 is 0 Å². The summed E-state index contributed by atoms with van der Waals surface area (Å²) >= 11 is 0. The zero-order valence-corrected chi connectivity index (χ0v) is 22.8. The van der Waals surface area contributed by atoms with Crippen molar-refractivity contribution in [3.05, 3.63) is 24.3 Å². The van der Waals surface area contributed by atoms with E-state index in [2.05, 4.69) is 79.7 Å². The molecule has 1 rings (SSSR count). The van der Waals surface area contributed by atoms with Gasteiger partial charge in [0.1, 0.15) is 0 Å². The molecule has 1 aromatic carbocycles. The second-order valence-corrected chi connectivity index (χ2v) is 15.9. The average Bonchev–Trinajstić information content (AvgIpc) is 2.74. The molecule has 0 aromatic heterocycles. The van der Waals surface area contributed by atoms with Crippen LogP contribution in [0, 0.1) is 0 Å². The van der Waals surface area contributed by atoms with Crippen LogP contribution in [0.5, 0.6) is 0 Å². The highest BCUT2D eigenvalue weighted by Crippen LogP contribution is 2.27. The molecule has 0 amide bonds. The third-order valence-corrected chi connectivity index (χ3v) is 13.1. The fourth-order valence-electron chi connectivity index (χ4n) is 3.70. The van der Waals surface area contributed by atoms with E-state index in [1.807, 2.05) is 0 Å². The van der Waals surface area contributed by atoms with Gasteiger partial charge in [0.25, 0.3) is 0 Å². The SMILES string of the molecule is CCCO[Si](OCCC)(c1ccc([Si](OCCC)(OCCC)C(C)C)cc1)C(C)C. The molecule has 0 aliphatic carbocycles. The number of benzene rings is 1. The lowest BCUT2D eigenvalue weighted by atomic mass is 10.4. The average molecular weight is 455 g/mol. The van der Waals surface area contributed by atoms with Crippen molar-refractivity contribution in [2.24, 2.45) is 0 Å². The summed E-state index contributed by atoms with van der Waals surface area (Å²) in [6.07, 6.45) is 3.98. The van der Waals surface area contributed by atoms with E-state index in [9.17, 15) is 0 Å². The summed E-state index contributed by atoms with van der Waals surface area (Å²) in [6, 6.07) is 8.90. The Morgan fingerprint density at radius 3 is 0.933 bits per heavy atom. The monoisotopic (exact) mass is 454 g/mol. The van der Waals surface area contributed by atoms with Crippen LogP contribution < -0.4 is 10.4 Å². The topological polar surface area (TPSA) is 36.9 Å². The highest BCUT2D eigenvalue weighted by atomic mass is 28.4. The molecule has 174 valence electrons. The van der Waals surface area contributed by atoms with Crippen LogP contribution in [0.4, 0.5) is 0 Å². The summed E-state index contributed by atoms with van der Waals surface area (Å²) in [7, 11) is -5.03. The van der Waals surface area contributed by atoms with E-state index in [-0.39, 0.29) is 0 Å². The minimum atomic E-state index is -2.52. The Labute approximate surface area is 188 Å². The Morgan fingerprint density at radius 2 is 0.767 bits per heavy atom. The van der Waals surface area contributed by atoms with Gasteiger partial charge >= 0.3 is 17.1 Å². The highest BCUT2D eigenvalue weighted by Gasteiger charge is 2.46. The van der Waals surface area contributed by atoms with Crippen molar-refractivity contribution in [3.8, 4) is 0 Å². The maximum absolute atomic E-state index is 6.50. The van der Waals surface area contributed by atoms with Crippen molar-refractivity contribution < 1.29 is 17.7 Å². The van der Waals surface area contributed by atoms with Crippen LogP contribution in [-0.4, -0.2) is 43.5 Å². The molecule has 0 aliphatic heterocycles. The van der Waals surface area contributed by atoms with Gasteiger partial charge in [-0.15, -0.1) is 0 Å². The maximum Gasteiger partial charge on any atom is 0.375 e. The largest absolute Gasteiger partial charge is 0.391 e. The van der Waals surface area contributed by atoms with E-state index < -0.39 is 17.1 Å². The molecule has 0 fully saturated rings. The minimum absolute atomic E-state index is 0.334. The quantitative estimate of drug-likeness (QED) is 0.309. The maximum atomic E-state index is 6.50. The van der Waals surface area contributed by atoms with Crippen molar-refractivity contribution in [3.63, 3.8) is 0 Å². The smallest absolute Gasteiger partial charge is 0.375 e. The number of rotatable bonds is 16. The Bertz CT molecular complexity index is 508. The molecule has 0 spiro atoms. The summed E-state index contributed by atoms with van der Waals surface area (Å²) in [6.45, 7) is 20.5. The second kappa shape index (κ2) is 13.8. The van der Waals surface area contributed by atoms with Crippen LogP contribution in [0.2, 0.25) is 11.1 Å². The van der Waals surface area contributed by atoms with Crippen molar-refractivity contribution >= 4 is 27.5 Å². The molecule has 0 radical (unpaired) electrons. The van der Waals surface area contributed by atoms with Gasteiger partial charge in [0.15, 0.2) is 0 Å². The van der Waals surface area contributed by atoms with Gasteiger partial charge < -0.3 is 17.7 Å². The lowest BCUT2D eigenvalue weighted by molar-refractivity contribution is 0.172. The van der Waals surface area contributed by atoms with E-state index in [0.29, 0.717) is 11.1 Å². The summed E-state index contributed by atoms with van der Waals surface area (Å²) in [4.78, 5) is 0. The summed E-state index contributed by atoms with van der Waals surface area (Å²) in [5.74, 6) is 0. The predicted molar refractivity (Wildman–Crippen MR) is 132 cm³/mol. The molecule has 1 aromatic rings. The third kappa shape index (κ3) is 6.74. The molecule has 0 aliphatic rings. The predicted octanol–water partition coefficient (Wildman–Crippen LogP) is 5.51. The zero-order valence-electron chi connectivity index (χ0n) is 20.8. The molecule has 0 unspecified atom stereocenters. The molecule has 0 saturated carbocycles. The van der Waals surface area contributed by atoms with Crippen molar-refractivity contribution in [1.29, 1.82) is 0 Å². The zero-order chi connectivity index (χ0) is 22.6. The Balaban J connectivity index is 3.38. The Hall–Kier alpha value is -0.506. The van der Waals surface area contributed by atoms with Gasteiger partial charge in [-0.3, -0.25) is 0 Å². The molecule has 0 N–H and O–H groups in total. The molecule has 0 heterocycles. The van der Waals surface area contributed by atoms with Crippen LogP contribution in [0.25, 0.3) is 0 Å². The minimum Gasteiger partial charge on any atom is -0.391 e. The normalized spacial score (nSPS) is 12.9. The number of hydrogen-bond donors (Lipinski definition) is 0. The third-order valence-electron chi connectivity index (χ3n) is 5.29. The van der Waals surface area contributed by atoms with E-state index in [4.69, 9.17) is 17.7 Å². The first-order valence-electron chi connectivity index (χ1n) is 12.0. The molecule has 30 heavy (non-hydrogen) atoms. The van der Waals surface area contributed by atoms with Gasteiger partial charge in [-0.05, 0) is 36.1 Å². The van der Waals surface area contributed by atoms with Crippen molar-refractivity contribution in [2.75, 3.05) is 26.4 Å². The standard InChI is InChI=1S/C24H46O4Si2/c1-9-17-25-29(21(5)6,26-18-10-2)23-13-15-24(16-14-23)30(22(7)8,27-19-11-3)28-20-12-4/h13-16,21-22H,9-12,17-20H2,1-8H3. The van der Waals surface area contributed by atoms with E-state index in [0.717, 1.165) is 52.1 Å². The molecule has 0 saturated heterocycles. The van der Waals surface area contributed by atoms with Gasteiger partial charge in [0, 0.05) is 37.5 Å². The first kappa shape index (κ1) is 27.5. The lowest BCUT2D eigenvalue weighted by Crippen LogP contribution is -2.59. The molecular formula is C24H46O4Si2. The van der Waals surface area contributed by atoms with E-state index in [1.54, 1.807) is 0 Å². The van der Waals surface area contributed by atoms with Gasteiger partial charge in [0.2, 0.25) is 0 Å². The fourth-order valence-corrected chi connectivity index (χ4v) is 10.5. The molecule has 0 atom stereocenters. The Morgan fingerprint density at radius 1 is 0.533 bits per heavy atom. The van der Waals surface area contributed by atoms with Crippen LogP contribution in [-0.2, 0) is 17.7 Å². The lowest BCUT2D eigenvalue weighted by Gasteiger charge is -2.36. The summed E-state index contributed by atoms with van der Waals surface area (Å²) in [5.41, 5.74) is 0.669.